The minimum Gasteiger partial charge on any atom is -0.329 e. The summed E-state index contributed by atoms with van der Waals surface area (Å²) >= 11 is 0. The summed E-state index contributed by atoms with van der Waals surface area (Å²) in [6, 6.07) is 0. The zero-order valence-electron chi connectivity index (χ0n) is 12.2. The van der Waals surface area contributed by atoms with E-state index >= 15 is 0 Å². The Morgan fingerprint density at radius 2 is 1.68 bits per heavy atom. The first kappa shape index (κ1) is 19.2. The Kier molecular flexibility index (Phi) is 8.52. The monoisotopic (exact) mass is 312 g/mol. The average molecular weight is 313 g/mol. The molecule has 0 atom stereocenters. The fourth-order valence-electron chi connectivity index (χ4n) is 2.76. The van der Waals surface area contributed by atoms with E-state index in [1.165, 1.54) is 19.3 Å². The average Bonchev–Trinajstić information content (AvgIpc) is 2.37. The lowest BCUT2D eigenvalue weighted by Crippen LogP contribution is -2.53. The van der Waals surface area contributed by atoms with Crippen LogP contribution < -0.4 is 10.5 Å². The maximum Gasteiger partial charge on any atom is 0.212 e. The molecule has 1 aliphatic rings. The molecule has 0 bridgehead atoms. The predicted octanol–water partition coefficient (Wildman–Crippen LogP) is 2.43. The summed E-state index contributed by atoms with van der Waals surface area (Å²) in [7, 11) is -3.21. The Balaban J connectivity index is 0.00000324. The highest BCUT2D eigenvalue weighted by Crippen LogP contribution is 2.25. The number of hydrogen-bond donors (Lipinski definition) is 2. The van der Waals surface area contributed by atoms with Crippen molar-refractivity contribution in [2.75, 3.05) is 12.3 Å². The van der Waals surface area contributed by atoms with E-state index in [1.807, 2.05) is 13.8 Å². The second-order valence-electron chi connectivity index (χ2n) is 5.58. The zero-order chi connectivity index (χ0) is 13.6. The fraction of sp³-hybridized carbons (Fsp3) is 1.00. The Labute approximate surface area is 124 Å². The van der Waals surface area contributed by atoms with E-state index in [1.54, 1.807) is 0 Å². The van der Waals surface area contributed by atoms with E-state index in [0.717, 1.165) is 25.7 Å². The van der Waals surface area contributed by atoms with Gasteiger partial charge in [-0.3, -0.25) is 0 Å². The van der Waals surface area contributed by atoms with Crippen molar-refractivity contribution < 1.29 is 8.42 Å². The molecule has 116 valence electrons. The lowest BCUT2D eigenvalue weighted by molar-refractivity contribution is 0.353. The number of hydrogen-bond acceptors (Lipinski definition) is 3. The molecule has 0 aliphatic heterocycles. The van der Waals surface area contributed by atoms with Gasteiger partial charge < -0.3 is 5.73 Å². The molecule has 6 heteroatoms. The minimum absolute atomic E-state index is 0. The Bertz CT molecular complexity index is 328. The van der Waals surface area contributed by atoms with Crippen molar-refractivity contribution in [2.45, 2.75) is 64.3 Å². The summed E-state index contributed by atoms with van der Waals surface area (Å²) in [4.78, 5) is 0. The fourth-order valence-corrected chi connectivity index (χ4v) is 4.83. The molecule has 0 radical (unpaired) electrons. The number of halogens is 1. The summed E-state index contributed by atoms with van der Waals surface area (Å²) in [6.07, 6.45) is 7.17. The smallest absolute Gasteiger partial charge is 0.212 e. The standard InChI is InChI=1S/C13H28N2O2S.ClH/c1-3-13(4-2,11-14)15-18(16,17)10-12-8-6-5-7-9-12;/h12,15H,3-11,14H2,1-2H3;1H. The molecule has 0 spiro atoms. The molecule has 0 aromatic heterocycles. The number of rotatable bonds is 7. The van der Waals surface area contributed by atoms with Crippen LogP contribution in [0.2, 0.25) is 0 Å². The van der Waals surface area contributed by atoms with Crippen LogP contribution in [-0.4, -0.2) is 26.3 Å². The number of nitrogens with two attached hydrogens (primary N) is 1. The Hall–Kier alpha value is 0.160. The maximum atomic E-state index is 12.2. The lowest BCUT2D eigenvalue weighted by Gasteiger charge is -2.32. The highest BCUT2D eigenvalue weighted by atomic mass is 35.5. The van der Waals surface area contributed by atoms with E-state index < -0.39 is 15.6 Å². The first-order valence-electron chi connectivity index (χ1n) is 7.18. The molecule has 0 aromatic carbocycles. The van der Waals surface area contributed by atoms with Gasteiger partial charge in [-0.25, -0.2) is 13.1 Å². The van der Waals surface area contributed by atoms with Crippen LogP contribution in [0.4, 0.5) is 0 Å². The largest absolute Gasteiger partial charge is 0.329 e. The molecule has 1 rings (SSSR count). The molecular formula is C13H29ClN2O2S. The van der Waals surface area contributed by atoms with Gasteiger partial charge in [0.05, 0.1) is 5.75 Å². The Morgan fingerprint density at radius 3 is 2.11 bits per heavy atom. The van der Waals surface area contributed by atoms with E-state index in [0.29, 0.717) is 12.5 Å². The summed E-state index contributed by atoms with van der Waals surface area (Å²) in [5.41, 5.74) is 5.29. The van der Waals surface area contributed by atoms with Crippen LogP contribution in [-0.2, 0) is 10.0 Å². The van der Waals surface area contributed by atoms with Crippen LogP contribution in [0.1, 0.15) is 58.8 Å². The van der Waals surface area contributed by atoms with Gasteiger partial charge in [-0.15, -0.1) is 12.4 Å². The molecule has 3 N–H and O–H groups in total. The summed E-state index contributed by atoms with van der Waals surface area (Å²) in [5, 5.41) is 0. The van der Waals surface area contributed by atoms with E-state index in [2.05, 4.69) is 4.72 Å². The van der Waals surface area contributed by atoms with Gasteiger partial charge in [0, 0.05) is 12.1 Å². The van der Waals surface area contributed by atoms with Gasteiger partial charge in [-0.1, -0.05) is 33.1 Å². The maximum absolute atomic E-state index is 12.2. The van der Waals surface area contributed by atoms with Crippen LogP contribution in [0, 0.1) is 5.92 Å². The molecule has 19 heavy (non-hydrogen) atoms. The Morgan fingerprint density at radius 1 is 1.16 bits per heavy atom. The van der Waals surface area contributed by atoms with E-state index in [-0.39, 0.29) is 18.2 Å². The first-order chi connectivity index (χ1) is 8.47. The summed E-state index contributed by atoms with van der Waals surface area (Å²) in [5.74, 6) is 0.606. The lowest BCUT2D eigenvalue weighted by atomic mass is 9.91. The van der Waals surface area contributed by atoms with Gasteiger partial charge in [0.25, 0.3) is 0 Å². The van der Waals surface area contributed by atoms with Crippen LogP contribution in [0.3, 0.4) is 0 Å². The van der Waals surface area contributed by atoms with E-state index in [4.69, 9.17) is 5.73 Å². The van der Waals surface area contributed by atoms with Gasteiger partial charge in [-0.05, 0) is 31.6 Å². The highest BCUT2D eigenvalue weighted by Gasteiger charge is 2.31. The van der Waals surface area contributed by atoms with E-state index in [9.17, 15) is 8.42 Å². The highest BCUT2D eigenvalue weighted by molar-refractivity contribution is 7.89. The quantitative estimate of drug-likeness (QED) is 0.758. The van der Waals surface area contributed by atoms with Crippen molar-refractivity contribution in [3.05, 3.63) is 0 Å². The van der Waals surface area contributed by atoms with Gasteiger partial charge >= 0.3 is 0 Å². The second-order valence-corrected chi connectivity index (χ2v) is 7.35. The molecule has 0 unspecified atom stereocenters. The van der Waals surface area contributed by atoms with Crippen LogP contribution >= 0.6 is 12.4 Å². The molecular weight excluding hydrogens is 284 g/mol. The molecule has 4 nitrogen and oxygen atoms in total. The zero-order valence-corrected chi connectivity index (χ0v) is 13.8. The van der Waals surface area contributed by atoms with Gasteiger partial charge in [0.2, 0.25) is 10.0 Å². The van der Waals surface area contributed by atoms with Crippen molar-refractivity contribution in [1.82, 2.24) is 4.72 Å². The van der Waals surface area contributed by atoms with Crippen LogP contribution in [0.25, 0.3) is 0 Å². The van der Waals surface area contributed by atoms with Crippen molar-refractivity contribution in [1.29, 1.82) is 0 Å². The van der Waals surface area contributed by atoms with Crippen molar-refractivity contribution in [3.8, 4) is 0 Å². The normalized spacial score (nSPS) is 18.1. The molecule has 1 saturated carbocycles. The third-order valence-electron chi connectivity index (χ3n) is 4.30. The minimum atomic E-state index is -3.21. The topological polar surface area (TPSA) is 72.2 Å². The van der Waals surface area contributed by atoms with Crippen molar-refractivity contribution >= 4 is 22.4 Å². The predicted molar refractivity (Wildman–Crippen MR) is 83.1 cm³/mol. The van der Waals surface area contributed by atoms with Crippen LogP contribution in [0.15, 0.2) is 0 Å². The summed E-state index contributed by atoms with van der Waals surface area (Å²) < 4.78 is 27.3. The molecule has 1 fully saturated rings. The van der Waals surface area contributed by atoms with Gasteiger partial charge in [0.1, 0.15) is 0 Å². The van der Waals surface area contributed by atoms with Gasteiger partial charge in [0.15, 0.2) is 0 Å². The molecule has 0 amide bonds. The van der Waals surface area contributed by atoms with Crippen molar-refractivity contribution in [3.63, 3.8) is 0 Å². The molecule has 0 saturated heterocycles. The first-order valence-corrected chi connectivity index (χ1v) is 8.84. The van der Waals surface area contributed by atoms with Crippen molar-refractivity contribution in [2.24, 2.45) is 11.7 Å². The SMILES string of the molecule is CCC(CC)(CN)NS(=O)(=O)CC1CCCCC1.Cl. The third kappa shape index (κ3) is 5.98. The van der Waals surface area contributed by atoms with Crippen LogP contribution in [0.5, 0.6) is 0 Å². The third-order valence-corrected chi connectivity index (χ3v) is 5.95. The molecule has 0 heterocycles. The molecule has 0 aromatic rings. The second kappa shape index (κ2) is 8.45. The summed E-state index contributed by atoms with van der Waals surface area (Å²) in [6.45, 7) is 4.34. The number of sulfonamides is 1. The van der Waals surface area contributed by atoms with Gasteiger partial charge in [-0.2, -0.15) is 0 Å². The number of nitrogens with one attached hydrogen (secondary N) is 1. The molecule has 1 aliphatic carbocycles.